The summed E-state index contributed by atoms with van der Waals surface area (Å²) in [4.78, 5) is 5.19. The third-order valence-electron chi connectivity index (χ3n) is 3.58. The molecular formula is C14H31N3. The van der Waals surface area contributed by atoms with E-state index in [0.717, 1.165) is 12.5 Å². The SMILES string of the molecule is CC(CNC(C)C)CN1CCN(C(C)C)CC1. The van der Waals surface area contributed by atoms with Gasteiger partial charge in [-0.1, -0.05) is 20.8 Å². The Kier molecular flexibility index (Phi) is 6.45. The van der Waals surface area contributed by atoms with Crippen molar-refractivity contribution >= 4 is 0 Å². The number of nitrogens with one attached hydrogen (secondary N) is 1. The third-order valence-corrected chi connectivity index (χ3v) is 3.58. The summed E-state index contributed by atoms with van der Waals surface area (Å²) >= 11 is 0. The molecule has 0 aromatic carbocycles. The van der Waals surface area contributed by atoms with Crippen molar-refractivity contribution < 1.29 is 0 Å². The predicted molar refractivity (Wildman–Crippen MR) is 75.5 cm³/mol. The Labute approximate surface area is 108 Å². The maximum atomic E-state index is 3.52. The number of nitrogens with zero attached hydrogens (tertiary/aromatic N) is 2. The molecule has 0 aromatic rings. The Balaban J connectivity index is 2.17. The normalized spacial score (nSPS) is 21.4. The number of piperazine rings is 1. The zero-order valence-corrected chi connectivity index (χ0v) is 12.4. The van der Waals surface area contributed by atoms with Crippen molar-refractivity contribution in [2.24, 2.45) is 5.92 Å². The van der Waals surface area contributed by atoms with Gasteiger partial charge in [-0.15, -0.1) is 0 Å². The molecule has 0 saturated carbocycles. The molecule has 1 N–H and O–H groups in total. The lowest BCUT2D eigenvalue weighted by molar-refractivity contribution is 0.0983. The Bertz CT molecular complexity index is 196. The second-order valence-corrected chi connectivity index (χ2v) is 6.10. The summed E-state index contributed by atoms with van der Waals surface area (Å²) in [5.41, 5.74) is 0. The van der Waals surface area contributed by atoms with Gasteiger partial charge in [-0.2, -0.15) is 0 Å². The van der Waals surface area contributed by atoms with Crippen LogP contribution >= 0.6 is 0 Å². The molecule has 1 saturated heterocycles. The number of rotatable bonds is 6. The fourth-order valence-corrected chi connectivity index (χ4v) is 2.40. The molecule has 17 heavy (non-hydrogen) atoms. The van der Waals surface area contributed by atoms with Gasteiger partial charge in [0.2, 0.25) is 0 Å². The fraction of sp³-hybridized carbons (Fsp3) is 1.00. The van der Waals surface area contributed by atoms with Gasteiger partial charge in [-0.3, -0.25) is 4.90 Å². The maximum absolute atomic E-state index is 3.52. The van der Waals surface area contributed by atoms with Crippen LogP contribution in [0.1, 0.15) is 34.6 Å². The van der Waals surface area contributed by atoms with Gasteiger partial charge in [0, 0.05) is 44.8 Å². The van der Waals surface area contributed by atoms with E-state index in [2.05, 4.69) is 49.7 Å². The summed E-state index contributed by atoms with van der Waals surface area (Å²) < 4.78 is 0. The average Bonchev–Trinajstić information content (AvgIpc) is 2.27. The van der Waals surface area contributed by atoms with Crippen LogP contribution in [0.4, 0.5) is 0 Å². The molecular weight excluding hydrogens is 210 g/mol. The lowest BCUT2D eigenvalue weighted by Crippen LogP contribution is -2.50. The highest BCUT2D eigenvalue weighted by Gasteiger charge is 2.19. The summed E-state index contributed by atoms with van der Waals surface area (Å²) in [7, 11) is 0. The standard InChI is InChI=1S/C14H31N3/c1-12(2)15-10-14(5)11-16-6-8-17(9-7-16)13(3)4/h12-15H,6-11H2,1-5H3. The smallest absolute Gasteiger partial charge is 0.0113 e. The van der Waals surface area contributed by atoms with E-state index in [1.165, 1.54) is 32.7 Å². The van der Waals surface area contributed by atoms with Crippen molar-refractivity contribution in [1.82, 2.24) is 15.1 Å². The topological polar surface area (TPSA) is 18.5 Å². The van der Waals surface area contributed by atoms with Gasteiger partial charge in [0.15, 0.2) is 0 Å². The zero-order valence-electron chi connectivity index (χ0n) is 12.4. The minimum atomic E-state index is 0.607. The minimum absolute atomic E-state index is 0.607. The molecule has 3 heteroatoms. The Morgan fingerprint density at radius 2 is 1.53 bits per heavy atom. The highest BCUT2D eigenvalue weighted by molar-refractivity contribution is 4.76. The van der Waals surface area contributed by atoms with Crippen molar-refractivity contribution in [1.29, 1.82) is 0 Å². The van der Waals surface area contributed by atoms with E-state index in [0.29, 0.717) is 12.1 Å². The zero-order chi connectivity index (χ0) is 12.8. The first kappa shape index (κ1) is 14.9. The lowest BCUT2D eigenvalue weighted by Gasteiger charge is -2.38. The quantitative estimate of drug-likeness (QED) is 0.763. The molecule has 102 valence electrons. The molecule has 0 radical (unpaired) electrons. The van der Waals surface area contributed by atoms with Crippen LogP contribution < -0.4 is 5.32 Å². The molecule has 1 heterocycles. The second kappa shape index (κ2) is 7.34. The van der Waals surface area contributed by atoms with E-state index in [4.69, 9.17) is 0 Å². The molecule has 0 aliphatic carbocycles. The van der Waals surface area contributed by atoms with Gasteiger partial charge < -0.3 is 10.2 Å². The van der Waals surface area contributed by atoms with Crippen LogP contribution in [0.5, 0.6) is 0 Å². The van der Waals surface area contributed by atoms with E-state index < -0.39 is 0 Å². The first-order valence-corrected chi connectivity index (χ1v) is 7.18. The average molecular weight is 241 g/mol. The first-order chi connectivity index (χ1) is 7.99. The molecule has 0 bridgehead atoms. The van der Waals surface area contributed by atoms with Crippen LogP contribution in [0.2, 0.25) is 0 Å². The highest BCUT2D eigenvalue weighted by Crippen LogP contribution is 2.08. The van der Waals surface area contributed by atoms with Crippen LogP contribution in [-0.2, 0) is 0 Å². The summed E-state index contributed by atoms with van der Waals surface area (Å²) in [5, 5.41) is 3.52. The van der Waals surface area contributed by atoms with Crippen molar-refractivity contribution in [3.8, 4) is 0 Å². The van der Waals surface area contributed by atoms with Crippen LogP contribution in [0, 0.1) is 5.92 Å². The fourth-order valence-electron chi connectivity index (χ4n) is 2.40. The van der Waals surface area contributed by atoms with E-state index in [1.807, 2.05) is 0 Å². The van der Waals surface area contributed by atoms with E-state index in [1.54, 1.807) is 0 Å². The maximum Gasteiger partial charge on any atom is 0.0113 e. The lowest BCUT2D eigenvalue weighted by atomic mass is 10.1. The van der Waals surface area contributed by atoms with Crippen molar-refractivity contribution in [2.45, 2.75) is 46.7 Å². The molecule has 1 aliphatic heterocycles. The summed E-state index contributed by atoms with van der Waals surface area (Å²) in [6, 6.07) is 1.31. The van der Waals surface area contributed by atoms with Crippen LogP contribution in [0.3, 0.4) is 0 Å². The predicted octanol–water partition coefficient (Wildman–Crippen LogP) is 1.65. The Morgan fingerprint density at radius 1 is 0.941 bits per heavy atom. The largest absolute Gasteiger partial charge is 0.314 e. The van der Waals surface area contributed by atoms with E-state index >= 15 is 0 Å². The van der Waals surface area contributed by atoms with Crippen molar-refractivity contribution in [3.05, 3.63) is 0 Å². The molecule has 1 atom stereocenters. The molecule has 1 unspecified atom stereocenters. The number of hydrogen-bond donors (Lipinski definition) is 1. The Hall–Kier alpha value is -0.120. The van der Waals surface area contributed by atoms with Gasteiger partial charge in [-0.25, -0.2) is 0 Å². The Morgan fingerprint density at radius 3 is 2.00 bits per heavy atom. The van der Waals surface area contributed by atoms with Crippen LogP contribution in [0.25, 0.3) is 0 Å². The van der Waals surface area contributed by atoms with Crippen LogP contribution in [-0.4, -0.2) is 61.2 Å². The van der Waals surface area contributed by atoms with E-state index in [9.17, 15) is 0 Å². The number of hydrogen-bond acceptors (Lipinski definition) is 3. The molecule has 0 spiro atoms. The first-order valence-electron chi connectivity index (χ1n) is 7.18. The molecule has 0 aromatic heterocycles. The molecule has 3 nitrogen and oxygen atoms in total. The summed E-state index contributed by atoms with van der Waals surface area (Å²) in [6.45, 7) is 18.7. The van der Waals surface area contributed by atoms with Crippen molar-refractivity contribution in [2.75, 3.05) is 39.3 Å². The van der Waals surface area contributed by atoms with Gasteiger partial charge in [0.1, 0.15) is 0 Å². The van der Waals surface area contributed by atoms with Gasteiger partial charge >= 0.3 is 0 Å². The van der Waals surface area contributed by atoms with Gasteiger partial charge in [-0.05, 0) is 26.3 Å². The van der Waals surface area contributed by atoms with Crippen LogP contribution in [0.15, 0.2) is 0 Å². The minimum Gasteiger partial charge on any atom is -0.314 e. The second-order valence-electron chi connectivity index (χ2n) is 6.10. The van der Waals surface area contributed by atoms with Gasteiger partial charge in [0.25, 0.3) is 0 Å². The summed E-state index contributed by atoms with van der Waals surface area (Å²) in [5.74, 6) is 0.753. The third kappa shape index (κ3) is 5.84. The molecule has 0 amide bonds. The summed E-state index contributed by atoms with van der Waals surface area (Å²) in [6.07, 6.45) is 0. The molecule has 1 fully saturated rings. The monoisotopic (exact) mass is 241 g/mol. The van der Waals surface area contributed by atoms with Gasteiger partial charge in [0.05, 0.1) is 0 Å². The van der Waals surface area contributed by atoms with E-state index in [-0.39, 0.29) is 0 Å². The van der Waals surface area contributed by atoms with Crippen molar-refractivity contribution in [3.63, 3.8) is 0 Å². The highest BCUT2D eigenvalue weighted by atomic mass is 15.3. The molecule has 1 rings (SSSR count). The molecule has 1 aliphatic rings.